The molecule has 14 heavy (non-hydrogen) atoms. The van der Waals surface area contributed by atoms with Crippen LogP contribution in [0, 0.1) is 13.8 Å². The minimum atomic E-state index is -0.930. The average molecular weight is 259 g/mol. The van der Waals surface area contributed by atoms with Gasteiger partial charge in [-0.05, 0) is 41.4 Å². The van der Waals surface area contributed by atoms with Crippen molar-refractivity contribution in [3.63, 3.8) is 0 Å². The third kappa shape index (κ3) is 1.75. The number of hydrogen-bond donors (Lipinski definition) is 1. The van der Waals surface area contributed by atoms with Crippen LogP contribution in [-0.2, 0) is 0 Å². The summed E-state index contributed by atoms with van der Waals surface area (Å²) >= 11 is 3.26. The molecule has 1 rings (SSSR count). The number of halogens is 1. The number of rotatable bonds is 2. The van der Waals surface area contributed by atoms with E-state index in [1.165, 1.54) is 0 Å². The van der Waals surface area contributed by atoms with E-state index in [2.05, 4.69) is 15.9 Å². The standard InChI is InChI=1S/C10H11BrO3/c1-5-4-7(14-3)6(2)9(11)8(5)10(12)13/h4H,1-3H3,(H,12,13). The van der Waals surface area contributed by atoms with Gasteiger partial charge in [-0.25, -0.2) is 4.79 Å². The second-order valence-corrected chi connectivity index (χ2v) is 3.81. The zero-order valence-electron chi connectivity index (χ0n) is 8.22. The Hall–Kier alpha value is -1.03. The van der Waals surface area contributed by atoms with Crippen LogP contribution in [0.2, 0.25) is 0 Å². The Balaban J connectivity index is 3.49. The SMILES string of the molecule is COc1cc(C)c(C(=O)O)c(Br)c1C. The Kier molecular flexibility index (Phi) is 3.16. The Bertz CT molecular complexity index is 385. The first-order chi connectivity index (χ1) is 6.49. The first-order valence-electron chi connectivity index (χ1n) is 4.06. The maximum Gasteiger partial charge on any atom is 0.337 e. The molecule has 0 amide bonds. The monoisotopic (exact) mass is 258 g/mol. The van der Waals surface area contributed by atoms with Crippen molar-refractivity contribution in [3.8, 4) is 5.75 Å². The molecular weight excluding hydrogens is 248 g/mol. The first-order valence-corrected chi connectivity index (χ1v) is 4.85. The van der Waals surface area contributed by atoms with Crippen LogP contribution < -0.4 is 4.74 Å². The predicted molar refractivity (Wildman–Crippen MR) is 57.1 cm³/mol. The molecule has 0 aliphatic rings. The molecule has 0 heterocycles. The molecule has 76 valence electrons. The summed E-state index contributed by atoms with van der Waals surface area (Å²) in [5, 5.41) is 8.96. The number of ether oxygens (including phenoxy) is 1. The number of hydrogen-bond acceptors (Lipinski definition) is 2. The van der Waals surface area contributed by atoms with Crippen LogP contribution in [0.15, 0.2) is 10.5 Å². The normalized spacial score (nSPS) is 10.0. The summed E-state index contributed by atoms with van der Waals surface area (Å²) in [5.74, 6) is -0.237. The summed E-state index contributed by atoms with van der Waals surface area (Å²) < 4.78 is 5.70. The summed E-state index contributed by atoms with van der Waals surface area (Å²) in [6.45, 7) is 3.56. The van der Waals surface area contributed by atoms with E-state index in [1.54, 1.807) is 20.1 Å². The Morgan fingerprint density at radius 3 is 2.50 bits per heavy atom. The second-order valence-electron chi connectivity index (χ2n) is 3.01. The van der Waals surface area contributed by atoms with Gasteiger partial charge in [0.1, 0.15) is 5.75 Å². The van der Waals surface area contributed by atoms with Crippen LogP contribution >= 0.6 is 15.9 Å². The maximum atomic E-state index is 10.9. The van der Waals surface area contributed by atoms with E-state index in [0.717, 1.165) is 5.56 Å². The third-order valence-electron chi connectivity index (χ3n) is 2.09. The number of carboxylic acid groups (broad SMARTS) is 1. The molecule has 0 bridgehead atoms. The summed E-state index contributed by atoms with van der Waals surface area (Å²) in [7, 11) is 1.56. The fourth-order valence-electron chi connectivity index (χ4n) is 1.32. The lowest BCUT2D eigenvalue weighted by molar-refractivity contribution is 0.0695. The van der Waals surface area contributed by atoms with Gasteiger partial charge in [-0.15, -0.1) is 0 Å². The van der Waals surface area contributed by atoms with Gasteiger partial charge in [-0.1, -0.05) is 0 Å². The molecule has 0 aliphatic heterocycles. The Morgan fingerprint density at radius 1 is 1.50 bits per heavy atom. The molecule has 0 aliphatic carbocycles. The van der Waals surface area contributed by atoms with Gasteiger partial charge in [0.25, 0.3) is 0 Å². The Labute approximate surface area is 90.8 Å². The summed E-state index contributed by atoms with van der Waals surface area (Å²) in [5.41, 5.74) is 1.78. The molecule has 0 saturated carbocycles. The minimum absolute atomic E-state index is 0.295. The summed E-state index contributed by atoms with van der Waals surface area (Å²) in [4.78, 5) is 10.9. The van der Waals surface area contributed by atoms with Crippen molar-refractivity contribution in [1.82, 2.24) is 0 Å². The molecule has 0 spiro atoms. The van der Waals surface area contributed by atoms with Crippen LogP contribution in [0.1, 0.15) is 21.5 Å². The van der Waals surface area contributed by atoms with Crippen molar-refractivity contribution in [3.05, 3.63) is 27.2 Å². The molecule has 0 atom stereocenters. The van der Waals surface area contributed by atoms with Crippen LogP contribution in [0.3, 0.4) is 0 Å². The van der Waals surface area contributed by atoms with E-state index >= 15 is 0 Å². The smallest absolute Gasteiger partial charge is 0.337 e. The summed E-state index contributed by atoms with van der Waals surface area (Å²) in [6, 6.07) is 1.73. The molecular formula is C10H11BrO3. The number of methoxy groups -OCH3 is 1. The molecule has 0 unspecified atom stereocenters. The van der Waals surface area contributed by atoms with Crippen molar-refractivity contribution >= 4 is 21.9 Å². The van der Waals surface area contributed by atoms with Gasteiger partial charge in [0.05, 0.1) is 12.7 Å². The van der Waals surface area contributed by atoms with Gasteiger partial charge in [-0.2, -0.15) is 0 Å². The number of aromatic carboxylic acids is 1. The quantitative estimate of drug-likeness (QED) is 0.888. The third-order valence-corrected chi connectivity index (χ3v) is 3.09. The maximum absolute atomic E-state index is 10.9. The highest BCUT2D eigenvalue weighted by Crippen LogP contribution is 2.32. The molecule has 1 N–H and O–H groups in total. The molecule has 0 radical (unpaired) electrons. The van der Waals surface area contributed by atoms with Crippen molar-refractivity contribution in [2.75, 3.05) is 7.11 Å². The minimum Gasteiger partial charge on any atom is -0.496 e. The second kappa shape index (κ2) is 4.00. The predicted octanol–water partition coefficient (Wildman–Crippen LogP) is 2.77. The average Bonchev–Trinajstić information content (AvgIpc) is 2.10. The largest absolute Gasteiger partial charge is 0.496 e. The molecule has 0 fully saturated rings. The van der Waals surface area contributed by atoms with Crippen LogP contribution in [-0.4, -0.2) is 18.2 Å². The summed E-state index contributed by atoms with van der Waals surface area (Å²) in [6.07, 6.45) is 0. The first kappa shape index (κ1) is 11.0. The molecule has 4 heteroatoms. The number of carboxylic acids is 1. The molecule has 0 aromatic heterocycles. The lowest BCUT2D eigenvalue weighted by Gasteiger charge is -2.11. The van der Waals surface area contributed by atoms with Gasteiger partial charge >= 0.3 is 5.97 Å². The lowest BCUT2D eigenvalue weighted by Crippen LogP contribution is -2.03. The fraction of sp³-hybridized carbons (Fsp3) is 0.300. The molecule has 1 aromatic rings. The molecule has 1 aromatic carbocycles. The van der Waals surface area contributed by atoms with Crippen LogP contribution in [0.25, 0.3) is 0 Å². The van der Waals surface area contributed by atoms with Crippen molar-refractivity contribution in [2.24, 2.45) is 0 Å². The van der Waals surface area contributed by atoms with Crippen molar-refractivity contribution in [2.45, 2.75) is 13.8 Å². The highest BCUT2D eigenvalue weighted by atomic mass is 79.9. The van der Waals surface area contributed by atoms with E-state index in [0.29, 0.717) is 21.3 Å². The highest BCUT2D eigenvalue weighted by Gasteiger charge is 2.16. The van der Waals surface area contributed by atoms with Crippen molar-refractivity contribution in [1.29, 1.82) is 0 Å². The van der Waals surface area contributed by atoms with E-state index in [4.69, 9.17) is 9.84 Å². The highest BCUT2D eigenvalue weighted by molar-refractivity contribution is 9.10. The number of benzene rings is 1. The van der Waals surface area contributed by atoms with E-state index in [-0.39, 0.29) is 0 Å². The zero-order valence-corrected chi connectivity index (χ0v) is 9.81. The van der Waals surface area contributed by atoms with Gasteiger partial charge < -0.3 is 9.84 Å². The zero-order chi connectivity index (χ0) is 10.9. The fourth-order valence-corrected chi connectivity index (χ4v) is 2.00. The number of carbonyl (C=O) groups is 1. The van der Waals surface area contributed by atoms with E-state index in [1.807, 2.05) is 6.92 Å². The van der Waals surface area contributed by atoms with Gasteiger partial charge in [0, 0.05) is 10.0 Å². The molecule has 0 saturated heterocycles. The molecule has 3 nitrogen and oxygen atoms in total. The van der Waals surface area contributed by atoms with Crippen LogP contribution in [0.5, 0.6) is 5.75 Å². The van der Waals surface area contributed by atoms with E-state index < -0.39 is 5.97 Å². The van der Waals surface area contributed by atoms with Gasteiger partial charge in [0.2, 0.25) is 0 Å². The Morgan fingerprint density at radius 2 is 2.07 bits per heavy atom. The van der Waals surface area contributed by atoms with Crippen molar-refractivity contribution < 1.29 is 14.6 Å². The van der Waals surface area contributed by atoms with Gasteiger partial charge in [-0.3, -0.25) is 0 Å². The van der Waals surface area contributed by atoms with Crippen LogP contribution in [0.4, 0.5) is 0 Å². The lowest BCUT2D eigenvalue weighted by atomic mass is 10.0. The number of aryl methyl sites for hydroxylation is 1. The van der Waals surface area contributed by atoms with E-state index in [9.17, 15) is 4.79 Å². The van der Waals surface area contributed by atoms with Gasteiger partial charge in [0.15, 0.2) is 0 Å². The topological polar surface area (TPSA) is 46.5 Å².